The first-order valence-corrected chi connectivity index (χ1v) is 7.05. The van der Waals surface area contributed by atoms with Gasteiger partial charge in [0.2, 0.25) is 0 Å². The number of aromatic nitrogens is 1. The maximum absolute atomic E-state index is 9.17. The monoisotopic (exact) mass is 260 g/mol. The molecule has 0 saturated carbocycles. The van der Waals surface area contributed by atoms with Gasteiger partial charge in [0.25, 0.3) is 0 Å². The molecule has 0 N–H and O–H groups in total. The number of aryl methyl sites for hydroxylation is 2. The van der Waals surface area contributed by atoms with Gasteiger partial charge in [-0.2, -0.15) is 5.26 Å². The topological polar surface area (TPSA) is 36.7 Å². The fraction of sp³-hybridized carbons (Fsp3) is 0.231. The van der Waals surface area contributed by atoms with E-state index in [1.54, 1.807) is 11.3 Å². The number of hydrogen-bond donors (Lipinski definition) is 0. The molecule has 0 aliphatic carbocycles. The summed E-state index contributed by atoms with van der Waals surface area (Å²) in [4.78, 5) is 6.79. The van der Waals surface area contributed by atoms with Crippen molar-refractivity contribution in [2.24, 2.45) is 0 Å². The molecule has 2 aromatic heterocycles. The summed E-state index contributed by atoms with van der Waals surface area (Å²) in [6, 6.07) is 6.39. The van der Waals surface area contributed by atoms with E-state index in [9.17, 15) is 0 Å². The summed E-state index contributed by atoms with van der Waals surface area (Å²) >= 11 is 3.24. The van der Waals surface area contributed by atoms with Gasteiger partial charge in [0, 0.05) is 20.8 Å². The molecule has 0 radical (unpaired) electrons. The van der Waals surface area contributed by atoms with Crippen LogP contribution in [0.25, 0.3) is 11.6 Å². The van der Waals surface area contributed by atoms with Crippen LogP contribution in [-0.2, 0) is 6.42 Å². The molecular weight excluding hydrogens is 248 g/mol. The fourth-order valence-electron chi connectivity index (χ4n) is 1.42. The predicted octanol–water partition coefficient (Wildman–Crippen LogP) is 4.14. The Balaban J connectivity index is 2.33. The first-order valence-electron chi connectivity index (χ1n) is 5.36. The summed E-state index contributed by atoms with van der Waals surface area (Å²) in [5, 5.41) is 11.9. The second-order valence-electron chi connectivity index (χ2n) is 3.62. The Morgan fingerprint density at radius 3 is 2.88 bits per heavy atom. The lowest BCUT2D eigenvalue weighted by Crippen LogP contribution is -1.79. The van der Waals surface area contributed by atoms with Crippen LogP contribution in [-0.4, -0.2) is 4.98 Å². The van der Waals surface area contributed by atoms with E-state index >= 15 is 0 Å². The highest BCUT2D eigenvalue weighted by Gasteiger charge is 2.06. The van der Waals surface area contributed by atoms with Gasteiger partial charge in [0.15, 0.2) is 0 Å². The van der Waals surface area contributed by atoms with Crippen LogP contribution in [0.5, 0.6) is 0 Å². The van der Waals surface area contributed by atoms with Gasteiger partial charge in [-0.15, -0.1) is 22.7 Å². The molecule has 17 heavy (non-hydrogen) atoms. The van der Waals surface area contributed by atoms with Crippen LogP contribution < -0.4 is 0 Å². The SMILES string of the molecule is CCc1ccc(C=C(C#N)c2nc(C)cs2)s1. The van der Waals surface area contributed by atoms with Crippen molar-refractivity contribution in [3.05, 3.63) is 38.0 Å². The lowest BCUT2D eigenvalue weighted by Gasteiger charge is -1.91. The van der Waals surface area contributed by atoms with Crippen LogP contribution in [0, 0.1) is 18.3 Å². The standard InChI is InChI=1S/C13H12N2S2/c1-3-11-4-5-12(17-11)6-10(7-14)13-15-9(2)8-16-13/h4-6,8H,3H2,1-2H3. The summed E-state index contributed by atoms with van der Waals surface area (Å²) in [5.74, 6) is 0. The van der Waals surface area contributed by atoms with Crippen molar-refractivity contribution in [1.82, 2.24) is 4.98 Å². The summed E-state index contributed by atoms with van der Waals surface area (Å²) in [5.41, 5.74) is 1.61. The number of thiazole rings is 1. The number of thiophene rings is 1. The largest absolute Gasteiger partial charge is 0.241 e. The highest BCUT2D eigenvalue weighted by atomic mass is 32.1. The molecule has 0 bridgehead atoms. The molecule has 0 fully saturated rings. The van der Waals surface area contributed by atoms with E-state index in [0.717, 1.165) is 22.0 Å². The van der Waals surface area contributed by atoms with Gasteiger partial charge in [-0.25, -0.2) is 4.98 Å². The van der Waals surface area contributed by atoms with Crippen molar-refractivity contribution in [1.29, 1.82) is 5.26 Å². The number of allylic oxidation sites excluding steroid dienone is 1. The smallest absolute Gasteiger partial charge is 0.134 e. The highest BCUT2D eigenvalue weighted by Crippen LogP contribution is 2.25. The first-order chi connectivity index (χ1) is 8.22. The fourth-order valence-corrected chi connectivity index (χ4v) is 3.08. The van der Waals surface area contributed by atoms with E-state index < -0.39 is 0 Å². The van der Waals surface area contributed by atoms with Crippen molar-refractivity contribution in [3.8, 4) is 6.07 Å². The zero-order chi connectivity index (χ0) is 12.3. The molecule has 0 aliphatic rings. The number of hydrogen-bond acceptors (Lipinski definition) is 4. The van der Waals surface area contributed by atoms with Gasteiger partial charge in [-0.05, 0) is 31.6 Å². The Hall–Kier alpha value is -1.44. The molecule has 0 saturated heterocycles. The number of nitriles is 1. The van der Waals surface area contributed by atoms with Crippen LogP contribution in [0.4, 0.5) is 0 Å². The normalized spacial score (nSPS) is 11.5. The van der Waals surface area contributed by atoms with E-state index in [4.69, 9.17) is 5.26 Å². The molecule has 2 rings (SSSR count). The minimum atomic E-state index is 0.646. The summed E-state index contributed by atoms with van der Waals surface area (Å²) in [7, 11) is 0. The van der Waals surface area contributed by atoms with Crippen LogP contribution in [0.15, 0.2) is 17.5 Å². The zero-order valence-electron chi connectivity index (χ0n) is 9.73. The van der Waals surface area contributed by atoms with Gasteiger partial charge in [0.05, 0.1) is 5.57 Å². The number of nitrogens with zero attached hydrogens (tertiary/aromatic N) is 2. The molecular formula is C13H12N2S2. The Kier molecular flexibility index (Phi) is 3.72. The van der Waals surface area contributed by atoms with Gasteiger partial charge >= 0.3 is 0 Å². The van der Waals surface area contributed by atoms with Crippen LogP contribution in [0.1, 0.15) is 27.4 Å². The van der Waals surface area contributed by atoms with Crippen molar-refractivity contribution < 1.29 is 0 Å². The van der Waals surface area contributed by atoms with Gasteiger partial charge < -0.3 is 0 Å². The van der Waals surface area contributed by atoms with Gasteiger partial charge in [-0.3, -0.25) is 0 Å². The average molecular weight is 260 g/mol. The Bertz CT molecular complexity index is 585. The van der Waals surface area contributed by atoms with Crippen LogP contribution >= 0.6 is 22.7 Å². The molecule has 2 nitrogen and oxygen atoms in total. The molecule has 86 valence electrons. The van der Waals surface area contributed by atoms with E-state index in [-0.39, 0.29) is 0 Å². The van der Waals surface area contributed by atoms with E-state index in [0.29, 0.717) is 5.57 Å². The molecule has 0 amide bonds. The minimum Gasteiger partial charge on any atom is -0.241 e. The predicted molar refractivity (Wildman–Crippen MR) is 74.0 cm³/mol. The third-order valence-electron chi connectivity index (χ3n) is 2.29. The quantitative estimate of drug-likeness (QED) is 0.778. The molecule has 2 aromatic rings. The lowest BCUT2D eigenvalue weighted by atomic mass is 10.2. The average Bonchev–Trinajstić information content (AvgIpc) is 2.94. The van der Waals surface area contributed by atoms with Crippen molar-refractivity contribution in [2.75, 3.05) is 0 Å². The third-order valence-corrected chi connectivity index (χ3v) is 4.46. The number of rotatable bonds is 3. The lowest BCUT2D eigenvalue weighted by molar-refractivity contribution is 1.19. The van der Waals surface area contributed by atoms with Crippen molar-refractivity contribution in [2.45, 2.75) is 20.3 Å². The Morgan fingerprint density at radius 2 is 2.35 bits per heavy atom. The van der Waals surface area contributed by atoms with E-state index in [2.05, 4.69) is 30.1 Å². The Morgan fingerprint density at radius 1 is 1.53 bits per heavy atom. The first kappa shape index (κ1) is 12.0. The molecule has 0 atom stereocenters. The second kappa shape index (κ2) is 5.26. The van der Waals surface area contributed by atoms with Crippen molar-refractivity contribution >= 4 is 34.3 Å². The van der Waals surface area contributed by atoms with Gasteiger partial charge in [-0.1, -0.05) is 6.92 Å². The Labute approximate surface area is 109 Å². The maximum Gasteiger partial charge on any atom is 0.134 e. The van der Waals surface area contributed by atoms with Gasteiger partial charge in [0.1, 0.15) is 11.1 Å². The molecule has 0 unspecified atom stereocenters. The summed E-state index contributed by atoms with van der Waals surface area (Å²) < 4.78 is 0. The van der Waals surface area contributed by atoms with Crippen LogP contribution in [0.2, 0.25) is 0 Å². The molecule has 0 aliphatic heterocycles. The zero-order valence-corrected chi connectivity index (χ0v) is 11.4. The minimum absolute atomic E-state index is 0.646. The summed E-state index contributed by atoms with van der Waals surface area (Å²) in [6.07, 6.45) is 2.96. The molecule has 4 heteroatoms. The molecule has 0 aromatic carbocycles. The highest BCUT2D eigenvalue weighted by molar-refractivity contribution is 7.13. The third kappa shape index (κ3) is 2.82. The molecule has 2 heterocycles. The van der Waals surface area contributed by atoms with Crippen LogP contribution in [0.3, 0.4) is 0 Å². The van der Waals surface area contributed by atoms with E-state index in [1.807, 2.05) is 18.4 Å². The van der Waals surface area contributed by atoms with Crippen molar-refractivity contribution in [3.63, 3.8) is 0 Å². The molecule has 0 spiro atoms. The maximum atomic E-state index is 9.17. The second-order valence-corrected chi connectivity index (χ2v) is 5.68. The van der Waals surface area contributed by atoms with E-state index in [1.165, 1.54) is 16.2 Å². The summed E-state index contributed by atoms with van der Waals surface area (Å²) in [6.45, 7) is 4.07.